The Morgan fingerprint density at radius 2 is 1.21 bits per heavy atom. The highest BCUT2D eigenvalue weighted by molar-refractivity contribution is 7.78. The molecule has 0 spiro atoms. The fourth-order valence-electron chi connectivity index (χ4n) is 3.23. The quantitative estimate of drug-likeness (QED) is 0.192. The average Bonchev–Trinajstić information content (AvgIpc) is 2.67. The summed E-state index contributed by atoms with van der Waals surface area (Å²) in [5, 5.41) is 0. The van der Waals surface area contributed by atoms with Crippen molar-refractivity contribution in [2.45, 2.75) is 103 Å². The van der Waals surface area contributed by atoms with Gasteiger partial charge in [-0.2, -0.15) is 0 Å². The van der Waals surface area contributed by atoms with Crippen LogP contribution in [0.5, 0.6) is 0 Å². The van der Waals surface area contributed by atoms with Crippen molar-refractivity contribution < 1.29 is 28.6 Å². The van der Waals surface area contributed by atoms with Gasteiger partial charge >= 0.3 is 11.9 Å². The van der Waals surface area contributed by atoms with Crippen molar-refractivity contribution in [3.8, 4) is 0 Å². The van der Waals surface area contributed by atoms with E-state index in [4.69, 9.17) is 14.2 Å². The van der Waals surface area contributed by atoms with Gasteiger partial charge in [0.1, 0.15) is 12.2 Å². The zero-order valence-electron chi connectivity index (χ0n) is 18.2. The highest BCUT2D eigenvalue weighted by atomic mass is 32.1. The molecule has 0 saturated heterocycles. The third-order valence-corrected chi connectivity index (χ3v) is 4.90. The molecular formula is C21H39NO6S. The van der Waals surface area contributed by atoms with E-state index in [1.165, 1.54) is 13.8 Å². The Kier molecular flexibility index (Phi) is 17.9. The average molecular weight is 434 g/mol. The molecule has 0 aliphatic heterocycles. The predicted molar refractivity (Wildman–Crippen MR) is 116 cm³/mol. The molecule has 0 aromatic rings. The van der Waals surface area contributed by atoms with Crippen molar-refractivity contribution in [3.05, 3.63) is 0 Å². The van der Waals surface area contributed by atoms with Crippen LogP contribution in [0.25, 0.3) is 0 Å². The molecule has 0 aliphatic rings. The molecule has 29 heavy (non-hydrogen) atoms. The largest absolute Gasteiger partial charge is 0.459 e. The summed E-state index contributed by atoms with van der Waals surface area (Å²) in [5.74, 6) is -0.770. The molecule has 0 heterocycles. The molecule has 2 atom stereocenters. The first-order valence-corrected chi connectivity index (χ1v) is 11.1. The van der Waals surface area contributed by atoms with Gasteiger partial charge in [-0.1, -0.05) is 44.9 Å². The van der Waals surface area contributed by atoms with E-state index in [1.54, 1.807) is 7.11 Å². The van der Waals surface area contributed by atoms with Gasteiger partial charge in [-0.05, 0) is 38.5 Å². The number of ether oxygens (including phenoxy) is 3. The van der Waals surface area contributed by atoms with Crippen molar-refractivity contribution in [3.63, 3.8) is 0 Å². The molecule has 0 bridgehead atoms. The molecule has 0 saturated carbocycles. The number of methoxy groups -OCH3 is 1. The number of amides is 1. The van der Waals surface area contributed by atoms with Crippen molar-refractivity contribution in [2.75, 3.05) is 13.7 Å². The van der Waals surface area contributed by atoms with Gasteiger partial charge in [-0.3, -0.25) is 14.4 Å². The Bertz CT molecular complexity index is 460. The number of hydrogen-bond acceptors (Lipinski definition) is 7. The van der Waals surface area contributed by atoms with Crippen LogP contribution >= 0.6 is 12.8 Å². The summed E-state index contributed by atoms with van der Waals surface area (Å²) >= 11 is 3.73. The number of rotatable bonds is 18. The van der Waals surface area contributed by atoms with E-state index in [0.29, 0.717) is 19.3 Å². The second-order valence-corrected chi connectivity index (χ2v) is 7.56. The maximum Gasteiger partial charge on any atom is 0.303 e. The molecule has 0 fully saturated rings. The summed E-state index contributed by atoms with van der Waals surface area (Å²) < 4.78 is 18.3. The summed E-state index contributed by atoms with van der Waals surface area (Å²) in [6, 6.07) is 0. The number of hydrogen-bond donors (Lipinski definition) is 2. The Morgan fingerprint density at radius 3 is 1.66 bits per heavy atom. The van der Waals surface area contributed by atoms with E-state index >= 15 is 0 Å². The van der Waals surface area contributed by atoms with Crippen LogP contribution in [0.3, 0.4) is 0 Å². The molecule has 0 radical (unpaired) electrons. The molecule has 2 unspecified atom stereocenters. The predicted octanol–water partition coefficient (Wildman–Crippen LogP) is 4.14. The van der Waals surface area contributed by atoms with Crippen LogP contribution in [-0.2, 0) is 28.6 Å². The summed E-state index contributed by atoms with van der Waals surface area (Å²) in [6.07, 6.45) is 9.68. The maximum atomic E-state index is 11.5. The lowest BCUT2D eigenvalue weighted by molar-refractivity contribution is -0.166. The fraction of sp³-hybridized carbons (Fsp3) is 0.857. The van der Waals surface area contributed by atoms with Gasteiger partial charge in [0.2, 0.25) is 5.91 Å². The van der Waals surface area contributed by atoms with Gasteiger partial charge in [-0.15, -0.1) is 0 Å². The van der Waals surface area contributed by atoms with Gasteiger partial charge in [0.05, 0.1) is 0 Å². The van der Waals surface area contributed by atoms with Crippen LogP contribution in [0.15, 0.2) is 0 Å². The highest BCUT2D eigenvalue weighted by Gasteiger charge is 2.26. The monoisotopic (exact) mass is 433 g/mol. The van der Waals surface area contributed by atoms with Gasteiger partial charge in [0.15, 0.2) is 0 Å². The molecule has 170 valence electrons. The lowest BCUT2D eigenvalue weighted by atomic mass is 9.99. The Morgan fingerprint density at radius 1 is 0.759 bits per heavy atom. The van der Waals surface area contributed by atoms with Crippen LogP contribution in [0.4, 0.5) is 0 Å². The molecule has 0 aromatic heterocycles. The van der Waals surface area contributed by atoms with E-state index in [1.807, 2.05) is 0 Å². The minimum Gasteiger partial charge on any atom is -0.459 e. The van der Waals surface area contributed by atoms with E-state index < -0.39 is 12.2 Å². The summed E-state index contributed by atoms with van der Waals surface area (Å²) in [7, 11) is 1.69. The Hall–Kier alpha value is -1.28. The first-order valence-electron chi connectivity index (χ1n) is 10.7. The van der Waals surface area contributed by atoms with E-state index in [9.17, 15) is 14.4 Å². The maximum absolute atomic E-state index is 11.5. The Labute approximate surface area is 181 Å². The molecule has 0 aliphatic carbocycles. The summed E-state index contributed by atoms with van der Waals surface area (Å²) in [6.45, 7) is 3.52. The Balaban J connectivity index is 4.38. The summed E-state index contributed by atoms with van der Waals surface area (Å²) in [4.78, 5) is 34.2. The second-order valence-electron chi connectivity index (χ2n) is 7.33. The van der Waals surface area contributed by atoms with E-state index in [0.717, 1.165) is 64.4 Å². The van der Waals surface area contributed by atoms with Crippen molar-refractivity contribution >= 4 is 30.7 Å². The minimum atomic E-state index is -0.412. The van der Waals surface area contributed by atoms with E-state index in [-0.39, 0.29) is 17.8 Å². The topological polar surface area (TPSA) is 90.9 Å². The number of carbonyl (C=O) groups excluding carboxylic acids is 3. The molecule has 7 nitrogen and oxygen atoms in total. The molecular weight excluding hydrogens is 394 g/mol. The van der Waals surface area contributed by atoms with Crippen LogP contribution < -0.4 is 4.72 Å². The normalized spacial score (nSPS) is 12.8. The fourth-order valence-corrected chi connectivity index (χ4v) is 3.34. The lowest BCUT2D eigenvalue weighted by Crippen LogP contribution is -2.34. The van der Waals surface area contributed by atoms with Gasteiger partial charge in [-0.25, -0.2) is 0 Å². The van der Waals surface area contributed by atoms with Gasteiger partial charge in [0, 0.05) is 34.0 Å². The highest BCUT2D eigenvalue weighted by Crippen LogP contribution is 2.20. The smallest absolute Gasteiger partial charge is 0.303 e. The number of carbonyl (C=O) groups is 3. The summed E-state index contributed by atoms with van der Waals surface area (Å²) in [5.41, 5.74) is 0. The molecule has 8 heteroatoms. The van der Waals surface area contributed by atoms with Crippen molar-refractivity contribution in [1.29, 1.82) is 0 Å². The first-order chi connectivity index (χ1) is 13.9. The van der Waals surface area contributed by atoms with E-state index in [2.05, 4.69) is 17.5 Å². The number of thiol groups is 1. The third-order valence-electron chi connectivity index (χ3n) is 4.65. The zero-order chi connectivity index (χ0) is 21.9. The van der Waals surface area contributed by atoms with Crippen molar-refractivity contribution in [1.82, 2.24) is 4.72 Å². The minimum absolute atomic E-state index is 0.0605. The first kappa shape index (κ1) is 27.7. The number of esters is 2. The van der Waals surface area contributed by atoms with Gasteiger partial charge < -0.3 is 18.9 Å². The SMILES string of the molecule is COCCCCCCC(OC(C)=O)C(CCCCCCCC(=O)NS)OC(C)=O. The van der Waals surface area contributed by atoms with Crippen LogP contribution in [0.1, 0.15) is 90.9 Å². The van der Waals surface area contributed by atoms with Gasteiger partial charge in [0.25, 0.3) is 0 Å². The lowest BCUT2D eigenvalue weighted by Gasteiger charge is -2.26. The van der Waals surface area contributed by atoms with Crippen LogP contribution in [0.2, 0.25) is 0 Å². The molecule has 0 rings (SSSR count). The second kappa shape index (κ2) is 18.7. The third kappa shape index (κ3) is 17.3. The molecule has 1 N–H and O–H groups in total. The molecule has 0 aromatic carbocycles. The van der Waals surface area contributed by atoms with Crippen LogP contribution in [-0.4, -0.2) is 43.8 Å². The molecule has 1 amide bonds. The van der Waals surface area contributed by atoms with Crippen LogP contribution in [0, 0.1) is 0 Å². The standard InChI is InChI=1S/C21H39NO6S/c1-17(23)27-19(13-9-5-4-6-11-15-21(25)22-29)20(28-18(2)24)14-10-7-8-12-16-26-3/h19-20,29H,4-16H2,1-3H3,(H,22,25). The van der Waals surface area contributed by atoms with Crippen molar-refractivity contribution in [2.24, 2.45) is 0 Å². The number of unbranched alkanes of at least 4 members (excludes halogenated alkanes) is 7. The zero-order valence-corrected chi connectivity index (χ0v) is 19.1. The number of nitrogens with one attached hydrogen (secondary N) is 1.